The molecule has 0 aromatic heterocycles. The van der Waals surface area contributed by atoms with Crippen LogP contribution in [0.3, 0.4) is 0 Å². The molecule has 0 saturated heterocycles. The number of amides is 2. The van der Waals surface area contributed by atoms with Gasteiger partial charge in [-0.1, -0.05) is 11.8 Å². The Bertz CT molecular complexity index is 1030. The minimum absolute atomic E-state index is 0.00176. The summed E-state index contributed by atoms with van der Waals surface area (Å²) >= 11 is 0. The average molecular weight is 419 g/mol. The van der Waals surface area contributed by atoms with Crippen LogP contribution in [0.5, 0.6) is 0 Å². The number of benzene rings is 2. The van der Waals surface area contributed by atoms with Crippen molar-refractivity contribution in [2.75, 3.05) is 7.05 Å². The highest BCUT2D eigenvalue weighted by atomic mass is 19.1. The summed E-state index contributed by atoms with van der Waals surface area (Å²) in [4.78, 5) is 27.2. The summed E-state index contributed by atoms with van der Waals surface area (Å²) in [6.07, 6.45) is 4.49. The molecule has 1 N–H and O–H groups in total. The van der Waals surface area contributed by atoms with E-state index in [9.17, 15) is 14.0 Å². The first-order valence-electron chi connectivity index (χ1n) is 10.8. The number of hydrogen-bond acceptors (Lipinski definition) is 2. The van der Waals surface area contributed by atoms with Gasteiger partial charge in [-0.15, -0.1) is 0 Å². The van der Waals surface area contributed by atoms with E-state index >= 15 is 0 Å². The van der Waals surface area contributed by atoms with E-state index in [1.807, 2.05) is 19.2 Å². The van der Waals surface area contributed by atoms with Crippen molar-refractivity contribution in [2.45, 2.75) is 50.6 Å². The maximum atomic E-state index is 13.0. The van der Waals surface area contributed by atoms with Gasteiger partial charge in [-0.05, 0) is 87.6 Å². The number of hydrogen-bond donors (Lipinski definition) is 1. The van der Waals surface area contributed by atoms with Gasteiger partial charge in [0.1, 0.15) is 5.82 Å². The highest BCUT2D eigenvalue weighted by Gasteiger charge is 2.42. The van der Waals surface area contributed by atoms with E-state index in [2.05, 4.69) is 24.1 Å². The maximum absolute atomic E-state index is 13.0. The lowest BCUT2D eigenvalue weighted by Gasteiger charge is -2.25. The topological polar surface area (TPSA) is 49.4 Å². The van der Waals surface area contributed by atoms with Gasteiger partial charge in [0, 0.05) is 41.2 Å². The molecule has 0 spiro atoms. The van der Waals surface area contributed by atoms with E-state index in [4.69, 9.17) is 0 Å². The SMILES string of the molecule is CN(C(=O)c1ccc(C#Cc2ccc(F)cc2)cc1)C1CCC(C(=O)NC2(C)CC2)C1. The standard InChI is InChI=1S/C26H27FN2O2/c1-26(15-16-26)28-24(30)21-11-14-23(17-21)29(2)25(31)20-9-5-18(6-10-20)3-4-19-7-12-22(27)13-8-19/h5-10,12-13,21,23H,11,14-17H2,1-2H3,(H,28,30). The first-order chi connectivity index (χ1) is 14.8. The molecule has 2 aromatic carbocycles. The second kappa shape index (κ2) is 8.55. The van der Waals surface area contributed by atoms with Crippen molar-refractivity contribution in [3.8, 4) is 11.8 Å². The van der Waals surface area contributed by atoms with Crippen LogP contribution in [-0.2, 0) is 4.79 Å². The summed E-state index contributed by atoms with van der Waals surface area (Å²) < 4.78 is 13.0. The summed E-state index contributed by atoms with van der Waals surface area (Å²) in [5.74, 6) is 5.81. The highest BCUT2D eigenvalue weighted by molar-refractivity contribution is 5.94. The lowest BCUT2D eigenvalue weighted by molar-refractivity contribution is -0.125. The van der Waals surface area contributed by atoms with Crippen molar-refractivity contribution >= 4 is 11.8 Å². The summed E-state index contributed by atoms with van der Waals surface area (Å²) in [5.41, 5.74) is 2.12. The third-order valence-corrected chi connectivity index (χ3v) is 6.40. The van der Waals surface area contributed by atoms with Gasteiger partial charge in [0.15, 0.2) is 0 Å². The molecule has 0 heterocycles. The van der Waals surface area contributed by atoms with Gasteiger partial charge < -0.3 is 10.2 Å². The van der Waals surface area contributed by atoms with Gasteiger partial charge in [0.25, 0.3) is 5.91 Å². The second-order valence-electron chi connectivity index (χ2n) is 8.96. The van der Waals surface area contributed by atoms with E-state index in [1.54, 1.807) is 29.2 Å². The minimum Gasteiger partial charge on any atom is -0.351 e. The zero-order chi connectivity index (χ0) is 22.0. The van der Waals surface area contributed by atoms with Crippen molar-refractivity contribution in [3.05, 3.63) is 71.0 Å². The Morgan fingerprint density at radius 3 is 2.16 bits per heavy atom. The summed E-state index contributed by atoms with van der Waals surface area (Å²) in [7, 11) is 1.82. The largest absolute Gasteiger partial charge is 0.351 e. The molecule has 2 unspecified atom stereocenters. The second-order valence-corrected chi connectivity index (χ2v) is 8.96. The number of halogens is 1. The fourth-order valence-electron chi connectivity index (χ4n) is 4.00. The van der Waals surface area contributed by atoms with Gasteiger partial charge in [0.2, 0.25) is 5.91 Å². The molecule has 2 saturated carbocycles. The fraction of sp³-hybridized carbons (Fsp3) is 0.385. The molecule has 31 heavy (non-hydrogen) atoms. The smallest absolute Gasteiger partial charge is 0.253 e. The molecule has 0 aliphatic heterocycles. The van der Waals surface area contributed by atoms with Crippen LogP contribution in [-0.4, -0.2) is 35.3 Å². The first kappa shape index (κ1) is 21.1. The molecule has 5 heteroatoms. The number of nitrogens with one attached hydrogen (secondary N) is 1. The highest BCUT2D eigenvalue weighted by Crippen LogP contribution is 2.36. The average Bonchev–Trinajstić information content (AvgIpc) is 3.28. The van der Waals surface area contributed by atoms with Crippen LogP contribution in [0.1, 0.15) is 60.5 Å². The van der Waals surface area contributed by atoms with Gasteiger partial charge in [-0.2, -0.15) is 0 Å². The number of rotatable bonds is 4. The predicted molar refractivity (Wildman–Crippen MR) is 118 cm³/mol. The zero-order valence-corrected chi connectivity index (χ0v) is 18.0. The summed E-state index contributed by atoms with van der Waals surface area (Å²) in [6, 6.07) is 13.3. The van der Waals surface area contributed by atoms with E-state index < -0.39 is 0 Å². The summed E-state index contributed by atoms with van der Waals surface area (Å²) in [6.45, 7) is 2.08. The lowest BCUT2D eigenvalue weighted by Crippen LogP contribution is -2.39. The Labute approximate surface area is 182 Å². The molecule has 4 nitrogen and oxygen atoms in total. The lowest BCUT2D eigenvalue weighted by atomic mass is 10.1. The van der Waals surface area contributed by atoms with Crippen LogP contribution >= 0.6 is 0 Å². The van der Waals surface area contributed by atoms with E-state index in [0.717, 1.165) is 36.8 Å². The molecule has 2 amide bonds. The first-order valence-corrected chi connectivity index (χ1v) is 10.8. The third-order valence-electron chi connectivity index (χ3n) is 6.40. The van der Waals surface area contributed by atoms with Gasteiger partial charge in [-0.3, -0.25) is 9.59 Å². The third kappa shape index (κ3) is 5.14. The van der Waals surface area contributed by atoms with Crippen molar-refractivity contribution in [3.63, 3.8) is 0 Å². The fourth-order valence-corrected chi connectivity index (χ4v) is 4.00. The van der Waals surface area contributed by atoms with Crippen LogP contribution in [0.15, 0.2) is 48.5 Å². The van der Waals surface area contributed by atoms with Gasteiger partial charge in [0.05, 0.1) is 0 Å². The predicted octanol–water partition coefficient (Wildman–Crippen LogP) is 4.13. The molecular weight excluding hydrogens is 391 g/mol. The quantitative estimate of drug-likeness (QED) is 0.759. The normalized spacial score (nSPS) is 21.0. The van der Waals surface area contributed by atoms with Crippen molar-refractivity contribution in [1.29, 1.82) is 0 Å². The van der Waals surface area contributed by atoms with E-state index in [0.29, 0.717) is 12.0 Å². The van der Waals surface area contributed by atoms with Crippen LogP contribution < -0.4 is 5.32 Å². The Kier molecular flexibility index (Phi) is 5.82. The Morgan fingerprint density at radius 2 is 1.58 bits per heavy atom. The molecule has 0 radical (unpaired) electrons. The van der Waals surface area contributed by atoms with Crippen molar-refractivity contribution in [1.82, 2.24) is 10.2 Å². The molecule has 4 rings (SSSR count). The molecule has 2 aliphatic carbocycles. The Hall–Kier alpha value is -3.13. The van der Waals surface area contributed by atoms with E-state index in [-0.39, 0.29) is 35.1 Å². The minimum atomic E-state index is -0.288. The van der Waals surface area contributed by atoms with Gasteiger partial charge in [-0.25, -0.2) is 4.39 Å². The Balaban J connectivity index is 1.34. The number of carbonyl (C=O) groups is 2. The maximum Gasteiger partial charge on any atom is 0.253 e. The van der Waals surface area contributed by atoms with Crippen LogP contribution in [0.2, 0.25) is 0 Å². The number of carbonyl (C=O) groups excluding carboxylic acids is 2. The van der Waals surface area contributed by atoms with E-state index in [1.165, 1.54) is 12.1 Å². The van der Waals surface area contributed by atoms with Crippen LogP contribution in [0, 0.1) is 23.6 Å². The van der Waals surface area contributed by atoms with Gasteiger partial charge >= 0.3 is 0 Å². The molecule has 0 bridgehead atoms. The van der Waals surface area contributed by atoms with Crippen molar-refractivity contribution in [2.24, 2.45) is 5.92 Å². The molecule has 2 aromatic rings. The molecule has 160 valence electrons. The molecular formula is C26H27FN2O2. The summed E-state index contributed by atoms with van der Waals surface area (Å²) in [5, 5.41) is 3.15. The zero-order valence-electron chi connectivity index (χ0n) is 18.0. The monoisotopic (exact) mass is 418 g/mol. The van der Waals surface area contributed by atoms with Crippen LogP contribution in [0.25, 0.3) is 0 Å². The molecule has 2 atom stereocenters. The molecule has 2 fully saturated rings. The van der Waals surface area contributed by atoms with Crippen molar-refractivity contribution < 1.29 is 14.0 Å². The van der Waals surface area contributed by atoms with Crippen LogP contribution in [0.4, 0.5) is 4.39 Å². The number of nitrogens with zero attached hydrogens (tertiary/aromatic N) is 1. The molecule has 2 aliphatic rings. The Morgan fingerprint density at radius 1 is 1.00 bits per heavy atom.